The van der Waals surface area contributed by atoms with Crippen LogP contribution in [-0.4, -0.2) is 67.2 Å². The quantitative estimate of drug-likeness (QED) is 0.827. The van der Waals surface area contributed by atoms with Crippen molar-refractivity contribution in [2.45, 2.75) is 13.0 Å². The van der Waals surface area contributed by atoms with Crippen LogP contribution in [0.4, 0.5) is 11.6 Å². The molecule has 0 unspecified atom stereocenters. The molecule has 8 heteroatoms. The molecule has 1 N–H and O–H groups in total. The summed E-state index contributed by atoms with van der Waals surface area (Å²) in [7, 11) is 3.15. The first-order chi connectivity index (χ1) is 13.1. The van der Waals surface area contributed by atoms with Gasteiger partial charge in [0, 0.05) is 50.3 Å². The Balaban J connectivity index is 1.57. The Hall–Kier alpha value is -2.87. The first kappa shape index (κ1) is 18.9. The molecule has 0 radical (unpaired) electrons. The Morgan fingerprint density at radius 2 is 1.74 bits per heavy atom. The smallest absolute Gasteiger partial charge is 0.241 e. The molecular weight excluding hydrogens is 346 g/mol. The summed E-state index contributed by atoms with van der Waals surface area (Å²) in [6.07, 6.45) is 3.49. The number of nitrogens with one attached hydrogen (secondary N) is 1. The van der Waals surface area contributed by atoms with Crippen molar-refractivity contribution >= 4 is 17.5 Å². The molecule has 1 aromatic carbocycles. The molecule has 1 fully saturated rings. The SMILES string of the molecule is COc1ccc(NC(=O)[C@@H](C)N2CCN(c3ncccn3)CC2)cc1OC. The van der Waals surface area contributed by atoms with Crippen molar-refractivity contribution in [2.24, 2.45) is 0 Å². The number of methoxy groups -OCH3 is 2. The van der Waals surface area contributed by atoms with E-state index in [1.54, 1.807) is 50.9 Å². The summed E-state index contributed by atoms with van der Waals surface area (Å²) in [5, 5.41) is 2.95. The highest BCUT2D eigenvalue weighted by atomic mass is 16.5. The fourth-order valence-corrected chi connectivity index (χ4v) is 3.09. The number of nitrogens with zero attached hydrogens (tertiary/aromatic N) is 4. The van der Waals surface area contributed by atoms with Crippen LogP contribution in [0.15, 0.2) is 36.7 Å². The Morgan fingerprint density at radius 1 is 1.07 bits per heavy atom. The van der Waals surface area contributed by atoms with Gasteiger partial charge in [-0.25, -0.2) is 9.97 Å². The molecule has 3 rings (SSSR count). The summed E-state index contributed by atoms with van der Waals surface area (Å²) in [4.78, 5) is 25.5. The third-order valence-corrected chi connectivity index (χ3v) is 4.73. The number of rotatable bonds is 6. The number of carbonyl (C=O) groups excluding carboxylic acids is 1. The van der Waals surface area contributed by atoms with E-state index in [2.05, 4.69) is 25.1 Å². The van der Waals surface area contributed by atoms with E-state index < -0.39 is 0 Å². The van der Waals surface area contributed by atoms with Gasteiger partial charge in [0.05, 0.1) is 20.3 Å². The summed E-state index contributed by atoms with van der Waals surface area (Å²) in [6.45, 7) is 5.05. The summed E-state index contributed by atoms with van der Waals surface area (Å²) in [6, 6.07) is 6.90. The summed E-state index contributed by atoms with van der Waals surface area (Å²) >= 11 is 0. The number of ether oxygens (including phenoxy) is 2. The van der Waals surface area contributed by atoms with E-state index in [9.17, 15) is 4.79 Å². The van der Waals surface area contributed by atoms with Crippen LogP contribution < -0.4 is 19.7 Å². The minimum Gasteiger partial charge on any atom is -0.493 e. The van der Waals surface area contributed by atoms with E-state index in [1.807, 2.05) is 6.92 Å². The maximum absolute atomic E-state index is 12.7. The van der Waals surface area contributed by atoms with Crippen LogP contribution in [0.5, 0.6) is 11.5 Å². The summed E-state index contributed by atoms with van der Waals surface area (Å²) in [5.74, 6) is 1.90. The predicted molar refractivity (Wildman–Crippen MR) is 103 cm³/mol. The fourth-order valence-electron chi connectivity index (χ4n) is 3.09. The van der Waals surface area contributed by atoms with Gasteiger partial charge in [0.25, 0.3) is 0 Å². The van der Waals surface area contributed by atoms with Gasteiger partial charge in [-0.1, -0.05) is 0 Å². The number of aromatic nitrogens is 2. The van der Waals surface area contributed by atoms with Crippen LogP contribution in [0.3, 0.4) is 0 Å². The van der Waals surface area contributed by atoms with Crippen LogP contribution in [0.25, 0.3) is 0 Å². The average molecular weight is 371 g/mol. The van der Waals surface area contributed by atoms with Gasteiger partial charge < -0.3 is 19.7 Å². The fraction of sp³-hybridized carbons (Fsp3) is 0.421. The normalized spacial score (nSPS) is 15.9. The van der Waals surface area contributed by atoms with Gasteiger partial charge in [-0.3, -0.25) is 9.69 Å². The van der Waals surface area contributed by atoms with Crippen LogP contribution >= 0.6 is 0 Å². The summed E-state index contributed by atoms with van der Waals surface area (Å²) in [5.41, 5.74) is 0.681. The molecule has 2 heterocycles. The lowest BCUT2D eigenvalue weighted by Gasteiger charge is -2.37. The Morgan fingerprint density at radius 3 is 2.37 bits per heavy atom. The highest BCUT2D eigenvalue weighted by molar-refractivity contribution is 5.94. The number of piperazine rings is 1. The zero-order valence-corrected chi connectivity index (χ0v) is 15.9. The van der Waals surface area contributed by atoms with Crippen LogP contribution in [0, 0.1) is 0 Å². The molecule has 0 saturated carbocycles. The van der Waals surface area contributed by atoms with Crippen molar-refractivity contribution in [3.63, 3.8) is 0 Å². The van der Waals surface area contributed by atoms with Crippen molar-refractivity contribution in [1.82, 2.24) is 14.9 Å². The topological polar surface area (TPSA) is 79.8 Å². The molecule has 0 aliphatic carbocycles. The molecule has 0 bridgehead atoms. The van der Waals surface area contributed by atoms with Crippen molar-refractivity contribution in [2.75, 3.05) is 50.6 Å². The van der Waals surface area contributed by atoms with E-state index >= 15 is 0 Å². The zero-order chi connectivity index (χ0) is 19.2. The predicted octanol–water partition coefficient (Wildman–Crippen LogP) is 1.64. The maximum atomic E-state index is 12.7. The molecular formula is C19H25N5O3. The van der Waals surface area contributed by atoms with E-state index in [1.165, 1.54) is 0 Å². The van der Waals surface area contributed by atoms with Gasteiger partial charge >= 0.3 is 0 Å². The molecule has 2 aromatic rings. The van der Waals surface area contributed by atoms with Crippen LogP contribution in [0.1, 0.15) is 6.92 Å². The molecule has 27 heavy (non-hydrogen) atoms. The number of hydrogen-bond acceptors (Lipinski definition) is 7. The largest absolute Gasteiger partial charge is 0.493 e. The minimum atomic E-state index is -0.239. The lowest BCUT2D eigenvalue weighted by molar-refractivity contribution is -0.120. The highest BCUT2D eigenvalue weighted by Gasteiger charge is 2.26. The number of amides is 1. The first-order valence-electron chi connectivity index (χ1n) is 8.91. The number of anilines is 2. The van der Waals surface area contributed by atoms with E-state index in [4.69, 9.17) is 9.47 Å². The standard InChI is InChI=1S/C19H25N5O3/c1-14(18(25)22-15-5-6-16(26-2)17(13-15)27-3)23-9-11-24(12-10-23)19-20-7-4-8-21-19/h4-8,13-14H,9-12H2,1-3H3,(H,22,25)/t14-/m1/s1. The Kier molecular flexibility index (Phi) is 6.08. The average Bonchev–Trinajstić information content (AvgIpc) is 2.73. The third-order valence-electron chi connectivity index (χ3n) is 4.73. The van der Waals surface area contributed by atoms with Crippen molar-refractivity contribution in [1.29, 1.82) is 0 Å². The number of benzene rings is 1. The summed E-state index contributed by atoms with van der Waals surface area (Å²) < 4.78 is 10.5. The highest BCUT2D eigenvalue weighted by Crippen LogP contribution is 2.29. The van der Waals surface area contributed by atoms with Gasteiger partial charge in [0.2, 0.25) is 11.9 Å². The number of carbonyl (C=O) groups is 1. The van der Waals surface area contributed by atoms with Gasteiger partial charge in [-0.2, -0.15) is 0 Å². The zero-order valence-electron chi connectivity index (χ0n) is 15.9. The van der Waals surface area contributed by atoms with Gasteiger partial charge in [-0.15, -0.1) is 0 Å². The van der Waals surface area contributed by atoms with E-state index in [-0.39, 0.29) is 11.9 Å². The van der Waals surface area contributed by atoms with Gasteiger partial charge in [-0.05, 0) is 25.1 Å². The monoisotopic (exact) mass is 371 g/mol. The van der Waals surface area contributed by atoms with E-state index in [0.29, 0.717) is 17.2 Å². The second kappa shape index (κ2) is 8.68. The van der Waals surface area contributed by atoms with Crippen molar-refractivity contribution < 1.29 is 14.3 Å². The van der Waals surface area contributed by atoms with Crippen LogP contribution in [-0.2, 0) is 4.79 Å². The number of hydrogen-bond donors (Lipinski definition) is 1. The second-order valence-electron chi connectivity index (χ2n) is 6.31. The molecule has 1 aliphatic heterocycles. The molecule has 1 aliphatic rings. The molecule has 0 spiro atoms. The Labute approximate surface area is 159 Å². The Bertz CT molecular complexity index is 763. The van der Waals surface area contributed by atoms with Crippen LogP contribution in [0.2, 0.25) is 0 Å². The van der Waals surface area contributed by atoms with Gasteiger partial charge in [0.15, 0.2) is 11.5 Å². The lowest BCUT2D eigenvalue weighted by atomic mass is 10.2. The lowest BCUT2D eigenvalue weighted by Crippen LogP contribution is -2.53. The second-order valence-corrected chi connectivity index (χ2v) is 6.31. The van der Waals surface area contributed by atoms with Crippen molar-refractivity contribution in [3.8, 4) is 11.5 Å². The molecule has 1 aromatic heterocycles. The first-order valence-corrected chi connectivity index (χ1v) is 8.91. The molecule has 1 amide bonds. The third kappa shape index (κ3) is 4.46. The van der Waals surface area contributed by atoms with E-state index in [0.717, 1.165) is 32.1 Å². The van der Waals surface area contributed by atoms with Crippen molar-refractivity contribution in [3.05, 3.63) is 36.7 Å². The molecule has 8 nitrogen and oxygen atoms in total. The maximum Gasteiger partial charge on any atom is 0.241 e. The van der Waals surface area contributed by atoms with Gasteiger partial charge in [0.1, 0.15) is 0 Å². The molecule has 144 valence electrons. The minimum absolute atomic E-state index is 0.0494. The molecule has 1 atom stereocenters. The molecule has 1 saturated heterocycles.